The van der Waals surface area contributed by atoms with E-state index in [2.05, 4.69) is 17.6 Å². The molecule has 0 saturated carbocycles. The summed E-state index contributed by atoms with van der Waals surface area (Å²) in [6.07, 6.45) is 1.28. The predicted octanol–water partition coefficient (Wildman–Crippen LogP) is 2.40. The first-order valence-electron chi connectivity index (χ1n) is 5.94. The maximum absolute atomic E-state index is 12.0. The van der Waals surface area contributed by atoms with Gasteiger partial charge in [-0.15, -0.1) is 0 Å². The molecule has 1 unspecified atom stereocenters. The van der Waals surface area contributed by atoms with Gasteiger partial charge in [0, 0.05) is 6.54 Å². The number of rotatable bonds is 3. The van der Waals surface area contributed by atoms with Gasteiger partial charge in [0.15, 0.2) is 0 Å². The van der Waals surface area contributed by atoms with Crippen molar-refractivity contribution in [3.8, 4) is 0 Å². The summed E-state index contributed by atoms with van der Waals surface area (Å²) in [7, 11) is 0. The molecule has 1 fully saturated rings. The summed E-state index contributed by atoms with van der Waals surface area (Å²) < 4.78 is 0. The molecule has 0 aliphatic carbocycles. The predicted molar refractivity (Wildman–Crippen MR) is 74.2 cm³/mol. The Kier molecular flexibility index (Phi) is 4.15. The van der Waals surface area contributed by atoms with Gasteiger partial charge in [0.2, 0.25) is 5.91 Å². The molecule has 98 valence electrons. The quantitative estimate of drug-likeness (QED) is 0.896. The van der Waals surface area contributed by atoms with Crippen LogP contribution in [0.1, 0.15) is 18.9 Å². The molecule has 0 radical (unpaired) electrons. The van der Waals surface area contributed by atoms with Gasteiger partial charge in [0.25, 0.3) is 0 Å². The van der Waals surface area contributed by atoms with E-state index in [1.165, 1.54) is 0 Å². The maximum atomic E-state index is 12.0. The number of carbonyl (C=O) groups excluding carboxylic acids is 1. The average molecular weight is 287 g/mol. The first-order chi connectivity index (χ1) is 8.48. The molecule has 0 aromatic heterocycles. The van der Waals surface area contributed by atoms with Gasteiger partial charge in [-0.25, -0.2) is 0 Å². The SMILES string of the molecule is CC1(NC(=O)Cc2ccc(Cl)c(Cl)c2)CCNC1. The van der Waals surface area contributed by atoms with Crippen molar-refractivity contribution in [1.82, 2.24) is 10.6 Å². The highest BCUT2D eigenvalue weighted by Crippen LogP contribution is 2.23. The molecule has 0 spiro atoms. The number of hydrogen-bond donors (Lipinski definition) is 2. The lowest BCUT2D eigenvalue weighted by Gasteiger charge is -2.24. The standard InChI is InChI=1S/C13H16Cl2N2O/c1-13(4-5-16-8-13)17-12(18)7-9-2-3-10(14)11(15)6-9/h2-3,6,16H,4-5,7-8H2,1H3,(H,17,18). The second kappa shape index (κ2) is 5.47. The lowest BCUT2D eigenvalue weighted by atomic mass is 10.0. The van der Waals surface area contributed by atoms with Crippen molar-refractivity contribution >= 4 is 29.1 Å². The summed E-state index contributed by atoms with van der Waals surface area (Å²) in [6, 6.07) is 5.27. The molecule has 1 aliphatic rings. The van der Waals surface area contributed by atoms with E-state index in [0.717, 1.165) is 25.1 Å². The Morgan fingerprint density at radius 1 is 1.44 bits per heavy atom. The van der Waals surface area contributed by atoms with Gasteiger partial charge in [0.1, 0.15) is 0 Å². The second-order valence-electron chi connectivity index (χ2n) is 4.96. The normalized spacial score (nSPS) is 23.1. The van der Waals surface area contributed by atoms with Crippen molar-refractivity contribution in [2.75, 3.05) is 13.1 Å². The smallest absolute Gasteiger partial charge is 0.224 e. The van der Waals surface area contributed by atoms with Crippen LogP contribution in [0.25, 0.3) is 0 Å². The number of halogens is 2. The van der Waals surface area contributed by atoms with Crippen LogP contribution in [0.15, 0.2) is 18.2 Å². The molecule has 5 heteroatoms. The molecular weight excluding hydrogens is 271 g/mol. The first-order valence-corrected chi connectivity index (χ1v) is 6.70. The van der Waals surface area contributed by atoms with Gasteiger partial charge in [-0.05, 0) is 37.6 Å². The Morgan fingerprint density at radius 3 is 2.83 bits per heavy atom. The molecule has 1 heterocycles. The lowest BCUT2D eigenvalue weighted by Crippen LogP contribution is -2.48. The summed E-state index contributed by atoms with van der Waals surface area (Å²) >= 11 is 11.8. The molecule has 1 amide bonds. The number of benzene rings is 1. The van der Waals surface area contributed by atoms with Crippen LogP contribution in [0.3, 0.4) is 0 Å². The molecule has 0 bridgehead atoms. The molecule has 2 rings (SSSR count). The number of hydrogen-bond acceptors (Lipinski definition) is 2. The van der Waals surface area contributed by atoms with Crippen molar-refractivity contribution in [3.05, 3.63) is 33.8 Å². The van der Waals surface area contributed by atoms with Crippen LogP contribution in [0.4, 0.5) is 0 Å². The highest BCUT2D eigenvalue weighted by Gasteiger charge is 2.29. The molecule has 2 N–H and O–H groups in total. The van der Waals surface area contributed by atoms with Gasteiger partial charge >= 0.3 is 0 Å². The third-order valence-corrected chi connectivity index (χ3v) is 3.90. The zero-order chi connectivity index (χ0) is 13.2. The summed E-state index contributed by atoms with van der Waals surface area (Å²) in [5, 5.41) is 7.30. The fourth-order valence-corrected chi connectivity index (χ4v) is 2.46. The van der Waals surface area contributed by atoms with Crippen LogP contribution >= 0.6 is 23.2 Å². The van der Waals surface area contributed by atoms with Crippen molar-refractivity contribution in [1.29, 1.82) is 0 Å². The number of nitrogens with one attached hydrogen (secondary N) is 2. The molecule has 1 atom stereocenters. The summed E-state index contributed by atoms with van der Waals surface area (Å²) in [5.74, 6) is 0.0135. The maximum Gasteiger partial charge on any atom is 0.224 e. The minimum atomic E-state index is -0.132. The summed E-state index contributed by atoms with van der Waals surface area (Å²) in [5.41, 5.74) is 0.740. The topological polar surface area (TPSA) is 41.1 Å². The zero-order valence-electron chi connectivity index (χ0n) is 10.2. The van der Waals surface area contributed by atoms with E-state index in [4.69, 9.17) is 23.2 Å². The number of carbonyl (C=O) groups is 1. The lowest BCUT2D eigenvalue weighted by molar-refractivity contribution is -0.122. The van der Waals surface area contributed by atoms with Crippen molar-refractivity contribution < 1.29 is 4.79 Å². The Bertz CT molecular complexity index is 456. The largest absolute Gasteiger partial charge is 0.349 e. The minimum Gasteiger partial charge on any atom is -0.349 e. The van der Waals surface area contributed by atoms with Crippen LogP contribution in [0.5, 0.6) is 0 Å². The molecule has 1 aromatic carbocycles. The minimum absolute atomic E-state index is 0.0135. The highest BCUT2D eigenvalue weighted by atomic mass is 35.5. The average Bonchev–Trinajstić information content (AvgIpc) is 2.70. The van der Waals surface area contributed by atoms with Crippen LogP contribution in [-0.2, 0) is 11.2 Å². The van der Waals surface area contributed by atoms with E-state index in [0.29, 0.717) is 16.5 Å². The number of amides is 1. The van der Waals surface area contributed by atoms with Crippen molar-refractivity contribution in [2.24, 2.45) is 0 Å². The van der Waals surface area contributed by atoms with Gasteiger partial charge in [-0.3, -0.25) is 4.79 Å². The third kappa shape index (κ3) is 3.37. The van der Waals surface area contributed by atoms with E-state index in [-0.39, 0.29) is 11.4 Å². The third-order valence-electron chi connectivity index (χ3n) is 3.16. The van der Waals surface area contributed by atoms with E-state index < -0.39 is 0 Å². The van der Waals surface area contributed by atoms with Gasteiger partial charge in [0.05, 0.1) is 22.0 Å². The molecule has 1 saturated heterocycles. The first kappa shape index (κ1) is 13.7. The van der Waals surface area contributed by atoms with Gasteiger partial charge in [-0.2, -0.15) is 0 Å². The Labute approximate surface area is 117 Å². The summed E-state index contributed by atoms with van der Waals surface area (Å²) in [6.45, 7) is 3.82. The molecule has 3 nitrogen and oxygen atoms in total. The van der Waals surface area contributed by atoms with E-state index >= 15 is 0 Å². The van der Waals surface area contributed by atoms with Gasteiger partial charge < -0.3 is 10.6 Å². The van der Waals surface area contributed by atoms with Crippen LogP contribution in [-0.4, -0.2) is 24.5 Å². The van der Waals surface area contributed by atoms with E-state index in [1.807, 2.05) is 6.07 Å². The Balaban J connectivity index is 1.96. The highest BCUT2D eigenvalue weighted by molar-refractivity contribution is 6.42. The second-order valence-corrected chi connectivity index (χ2v) is 5.78. The Morgan fingerprint density at radius 2 is 2.22 bits per heavy atom. The fourth-order valence-electron chi connectivity index (χ4n) is 2.14. The van der Waals surface area contributed by atoms with Crippen LogP contribution in [0.2, 0.25) is 10.0 Å². The van der Waals surface area contributed by atoms with E-state index in [9.17, 15) is 4.79 Å². The molecule has 18 heavy (non-hydrogen) atoms. The molecule has 1 aliphatic heterocycles. The van der Waals surface area contributed by atoms with Crippen molar-refractivity contribution in [2.45, 2.75) is 25.3 Å². The summed E-state index contributed by atoms with van der Waals surface area (Å²) in [4.78, 5) is 12.0. The van der Waals surface area contributed by atoms with Crippen LogP contribution < -0.4 is 10.6 Å². The molecule has 1 aromatic rings. The van der Waals surface area contributed by atoms with Crippen molar-refractivity contribution in [3.63, 3.8) is 0 Å². The Hall–Kier alpha value is -0.770. The molecular formula is C13H16Cl2N2O. The zero-order valence-corrected chi connectivity index (χ0v) is 11.7. The fraction of sp³-hybridized carbons (Fsp3) is 0.462. The van der Waals surface area contributed by atoms with Crippen LogP contribution in [0, 0.1) is 0 Å². The van der Waals surface area contributed by atoms with Gasteiger partial charge in [-0.1, -0.05) is 29.3 Å². The van der Waals surface area contributed by atoms with E-state index in [1.54, 1.807) is 12.1 Å². The monoisotopic (exact) mass is 286 g/mol.